The molecule has 0 bridgehead atoms. The minimum Gasteiger partial charge on any atom is -0.357 e. The van der Waals surface area contributed by atoms with Crippen LogP contribution in [0.1, 0.15) is 26.0 Å². The molecule has 0 aliphatic rings. The van der Waals surface area contributed by atoms with Crippen molar-refractivity contribution in [2.75, 3.05) is 0 Å². The molecule has 1 N–H and O–H groups in total. The zero-order chi connectivity index (χ0) is 9.68. The number of hydrogen-bond donors (Lipinski definition) is 1. The number of fused-ring (bicyclic) bond motifs is 1. The van der Waals surface area contributed by atoms with E-state index in [-0.39, 0.29) is 0 Å². The molecule has 2 heterocycles. The molecule has 2 aromatic heterocycles. The van der Waals surface area contributed by atoms with Gasteiger partial charge >= 0.3 is 0 Å². The fourth-order valence-electron chi connectivity index (χ4n) is 1.09. The Hall–Kier alpha value is -1.31. The second-order valence-corrected chi connectivity index (χ2v) is 3.10. The highest BCUT2D eigenvalue weighted by Crippen LogP contribution is 2.09. The van der Waals surface area contributed by atoms with Gasteiger partial charge in [0, 0.05) is 11.9 Å². The van der Waals surface area contributed by atoms with Crippen molar-refractivity contribution in [2.45, 2.75) is 27.2 Å². The van der Waals surface area contributed by atoms with Crippen LogP contribution >= 0.6 is 0 Å². The van der Waals surface area contributed by atoms with Crippen molar-refractivity contribution < 1.29 is 0 Å². The zero-order valence-corrected chi connectivity index (χ0v) is 8.46. The third kappa shape index (κ3) is 2.58. The summed E-state index contributed by atoms with van der Waals surface area (Å²) in [6.45, 7) is 6.28. The van der Waals surface area contributed by atoms with E-state index >= 15 is 0 Å². The smallest absolute Gasteiger partial charge is 0.0881 e. The number of rotatable bonds is 0. The maximum atomic E-state index is 4.17. The molecule has 0 spiro atoms. The highest BCUT2D eigenvalue weighted by atomic mass is 14.8. The maximum Gasteiger partial charge on any atom is 0.0881 e. The van der Waals surface area contributed by atoms with Gasteiger partial charge in [-0.1, -0.05) is 20.3 Å². The van der Waals surface area contributed by atoms with Crippen LogP contribution in [0.2, 0.25) is 0 Å². The normalized spacial score (nSPS) is 9.46. The Morgan fingerprint density at radius 3 is 2.69 bits per heavy atom. The molecule has 13 heavy (non-hydrogen) atoms. The molecule has 0 atom stereocenters. The largest absolute Gasteiger partial charge is 0.357 e. The van der Waals surface area contributed by atoms with Crippen LogP contribution in [-0.4, -0.2) is 9.97 Å². The Balaban J connectivity index is 0.000000251. The third-order valence-corrected chi connectivity index (χ3v) is 1.52. The summed E-state index contributed by atoms with van der Waals surface area (Å²) < 4.78 is 0. The average Bonchev–Trinajstić information content (AvgIpc) is 2.45. The summed E-state index contributed by atoms with van der Waals surface area (Å²) in [6.07, 6.45) is 3.05. The number of aromatic amines is 1. The van der Waals surface area contributed by atoms with Gasteiger partial charge in [0.05, 0.1) is 11.0 Å². The molecule has 0 amide bonds. The summed E-state index contributed by atoms with van der Waals surface area (Å²) in [5.74, 6) is 0. The van der Waals surface area contributed by atoms with E-state index < -0.39 is 0 Å². The van der Waals surface area contributed by atoms with E-state index in [9.17, 15) is 0 Å². The number of pyridine rings is 1. The molecule has 0 aliphatic carbocycles. The van der Waals surface area contributed by atoms with Crippen molar-refractivity contribution in [3.05, 3.63) is 30.1 Å². The van der Waals surface area contributed by atoms with Crippen LogP contribution in [0.5, 0.6) is 0 Å². The van der Waals surface area contributed by atoms with Gasteiger partial charge in [-0.05, 0) is 25.1 Å². The number of H-pyrrole nitrogens is 1. The summed E-state index contributed by atoms with van der Waals surface area (Å²) in [5, 5.41) is 0. The number of nitrogens with one attached hydrogen (secondary N) is 1. The lowest BCUT2D eigenvalue weighted by atomic mass is 10.4. The first-order chi connectivity index (χ1) is 6.27. The van der Waals surface area contributed by atoms with Crippen LogP contribution in [0, 0.1) is 6.92 Å². The SMILES string of the molecule is CCC.Cc1cc2ncccc2[nH]1. The van der Waals surface area contributed by atoms with Gasteiger partial charge in [-0.2, -0.15) is 0 Å². The first kappa shape index (κ1) is 9.78. The summed E-state index contributed by atoms with van der Waals surface area (Å²) in [7, 11) is 0. The fraction of sp³-hybridized carbons (Fsp3) is 0.364. The van der Waals surface area contributed by atoms with Gasteiger partial charge < -0.3 is 4.98 Å². The Kier molecular flexibility index (Phi) is 3.50. The van der Waals surface area contributed by atoms with Gasteiger partial charge in [-0.15, -0.1) is 0 Å². The minimum atomic E-state index is 1.04. The second-order valence-electron chi connectivity index (χ2n) is 3.10. The summed E-state index contributed by atoms with van der Waals surface area (Å²) >= 11 is 0. The van der Waals surface area contributed by atoms with Crippen LogP contribution in [0.25, 0.3) is 11.0 Å². The number of hydrogen-bond acceptors (Lipinski definition) is 1. The molecule has 0 unspecified atom stereocenters. The topological polar surface area (TPSA) is 28.7 Å². The third-order valence-electron chi connectivity index (χ3n) is 1.52. The molecule has 0 saturated heterocycles. The Labute approximate surface area is 79.0 Å². The van der Waals surface area contributed by atoms with Crippen LogP contribution in [-0.2, 0) is 0 Å². The summed E-state index contributed by atoms with van der Waals surface area (Å²) in [4.78, 5) is 7.37. The van der Waals surface area contributed by atoms with E-state index in [1.807, 2.05) is 25.1 Å². The molecule has 0 fully saturated rings. The van der Waals surface area contributed by atoms with E-state index in [1.165, 1.54) is 6.42 Å². The fourth-order valence-corrected chi connectivity index (χ4v) is 1.09. The van der Waals surface area contributed by atoms with Crippen molar-refractivity contribution in [1.29, 1.82) is 0 Å². The van der Waals surface area contributed by atoms with E-state index in [0.717, 1.165) is 16.7 Å². The molecule has 0 aromatic carbocycles. The van der Waals surface area contributed by atoms with E-state index in [4.69, 9.17) is 0 Å². The van der Waals surface area contributed by atoms with Crippen molar-refractivity contribution in [3.8, 4) is 0 Å². The molecule has 0 aliphatic heterocycles. The van der Waals surface area contributed by atoms with Gasteiger partial charge in [0.15, 0.2) is 0 Å². The number of nitrogens with zero attached hydrogens (tertiary/aromatic N) is 1. The number of aromatic nitrogens is 2. The molecular weight excluding hydrogens is 160 g/mol. The standard InChI is InChI=1S/C8H8N2.C3H8/c1-6-5-8-7(10-6)3-2-4-9-8;1-3-2/h2-5,10H,1H3;3H2,1-2H3. The zero-order valence-electron chi connectivity index (χ0n) is 8.46. The van der Waals surface area contributed by atoms with Crippen LogP contribution < -0.4 is 0 Å². The van der Waals surface area contributed by atoms with E-state index in [0.29, 0.717) is 0 Å². The van der Waals surface area contributed by atoms with E-state index in [1.54, 1.807) is 6.20 Å². The lowest BCUT2D eigenvalue weighted by Crippen LogP contribution is -1.69. The molecule has 0 saturated carbocycles. The average molecular weight is 176 g/mol. The molecule has 2 heteroatoms. The Bertz CT molecular complexity index is 330. The second kappa shape index (κ2) is 4.65. The Morgan fingerprint density at radius 2 is 2.08 bits per heavy atom. The summed E-state index contributed by atoms with van der Waals surface area (Å²) in [5.41, 5.74) is 3.31. The quantitative estimate of drug-likeness (QED) is 0.655. The van der Waals surface area contributed by atoms with Crippen LogP contribution in [0.15, 0.2) is 24.4 Å². The van der Waals surface area contributed by atoms with Crippen LogP contribution in [0.3, 0.4) is 0 Å². The van der Waals surface area contributed by atoms with Gasteiger partial charge in [-0.3, -0.25) is 4.98 Å². The Morgan fingerprint density at radius 1 is 1.38 bits per heavy atom. The highest BCUT2D eigenvalue weighted by molar-refractivity contribution is 5.75. The molecule has 70 valence electrons. The number of aryl methyl sites for hydroxylation is 1. The molecule has 0 radical (unpaired) electrons. The van der Waals surface area contributed by atoms with Crippen molar-refractivity contribution in [2.24, 2.45) is 0 Å². The van der Waals surface area contributed by atoms with Crippen molar-refractivity contribution >= 4 is 11.0 Å². The van der Waals surface area contributed by atoms with Crippen molar-refractivity contribution in [1.82, 2.24) is 9.97 Å². The van der Waals surface area contributed by atoms with Gasteiger partial charge in [0.2, 0.25) is 0 Å². The maximum absolute atomic E-state index is 4.17. The van der Waals surface area contributed by atoms with Gasteiger partial charge in [0.1, 0.15) is 0 Å². The highest BCUT2D eigenvalue weighted by Gasteiger charge is 1.93. The lowest BCUT2D eigenvalue weighted by Gasteiger charge is -1.83. The molecule has 2 aromatic rings. The first-order valence-corrected chi connectivity index (χ1v) is 4.68. The van der Waals surface area contributed by atoms with Gasteiger partial charge in [-0.25, -0.2) is 0 Å². The predicted molar refractivity (Wildman–Crippen MR) is 56.8 cm³/mol. The monoisotopic (exact) mass is 176 g/mol. The lowest BCUT2D eigenvalue weighted by molar-refractivity contribution is 1.09. The molecular formula is C11H16N2. The minimum absolute atomic E-state index is 1.04. The predicted octanol–water partition coefficient (Wildman–Crippen LogP) is 3.29. The summed E-state index contributed by atoms with van der Waals surface area (Å²) in [6, 6.07) is 5.99. The molecule has 2 nitrogen and oxygen atoms in total. The molecule has 2 rings (SSSR count). The van der Waals surface area contributed by atoms with Gasteiger partial charge in [0.25, 0.3) is 0 Å². The first-order valence-electron chi connectivity index (χ1n) is 4.68. The van der Waals surface area contributed by atoms with Crippen LogP contribution in [0.4, 0.5) is 0 Å². The van der Waals surface area contributed by atoms with Crippen molar-refractivity contribution in [3.63, 3.8) is 0 Å². The van der Waals surface area contributed by atoms with E-state index in [2.05, 4.69) is 23.8 Å².